The average molecular weight is 296 g/mol. The molecule has 0 aliphatic rings. The number of hydrogen-bond acceptors (Lipinski definition) is 4. The van der Waals surface area contributed by atoms with Crippen LogP contribution in [0.4, 0.5) is 5.13 Å². The van der Waals surface area contributed by atoms with E-state index < -0.39 is 0 Å². The fourth-order valence-electron chi connectivity index (χ4n) is 2.17. The van der Waals surface area contributed by atoms with Crippen LogP contribution >= 0.6 is 11.3 Å². The van der Waals surface area contributed by atoms with Crippen molar-refractivity contribution in [3.8, 4) is 0 Å². The van der Waals surface area contributed by atoms with Gasteiger partial charge in [0, 0.05) is 18.0 Å². The lowest BCUT2D eigenvalue weighted by atomic mass is 9.91. The summed E-state index contributed by atoms with van der Waals surface area (Å²) in [5.41, 5.74) is 0.838. The summed E-state index contributed by atoms with van der Waals surface area (Å²) in [6.07, 6.45) is 4.58. The molecule has 0 spiro atoms. The predicted molar refractivity (Wildman–Crippen MR) is 88.2 cm³/mol. The van der Waals surface area contributed by atoms with Gasteiger partial charge in [-0.1, -0.05) is 51.9 Å². The van der Waals surface area contributed by atoms with Gasteiger partial charge in [0.25, 0.3) is 0 Å². The van der Waals surface area contributed by atoms with Crippen molar-refractivity contribution in [1.82, 2.24) is 4.98 Å². The van der Waals surface area contributed by atoms with E-state index in [0.29, 0.717) is 6.04 Å². The van der Waals surface area contributed by atoms with Crippen molar-refractivity contribution in [1.29, 1.82) is 0 Å². The van der Waals surface area contributed by atoms with Gasteiger partial charge in [-0.05, 0) is 20.3 Å². The van der Waals surface area contributed by atoms with Crippen LogP contribution in [0.5, 0.6) is 0 Å². The minimum Gasteiger partial charge on any atom is -0.346 e. The van der Waals surface area contributed by atoms with Crippen LogP contribution in [-0.4, -0.2) is 23.9 Å². The molecular formula is C16H28N2OS. The second-order valence-corrected chi connectivity index (χ2v) is 7.58. The van der Waals surface area contributed by atoms with Crippen molar-refractivity contribution >= 4 is 22.8 Å². The molecular weight excluding hydrogens is 268 g/mol. The Labute approximate surface area is 127 Å². The highest BCUT2D eigenvalue weighted by Gasteiger charge is 2.25. The van der Waals surface area contributed by atoms with E-state index in [2.05, 4.69) is 46.4 Å². The fourth-order valence-corrected chi connectivity index (χ4v) is 3.42. The van der Waals surface area contributed by atoms with E-state index in [4.69, 9.17) is 4.98 Å². The average Bonchev–Trinajstić information content (AvgIpc) is 2.77. The van der Waals surface area contributed by atoms with Gasteiger partial charge in [0.1, 0.15) is 0 Å². The van der Waals surface area contributed by atoms with Crippen molar-refractivity contribution in [3.63, 3.8) is 0 Å². The van der Waals surface area contributed by atoms with E-state index in [0.717, 1.165) is 28.5 Å². The number of hydrogen-bond donors (Lipinski definition) is 0. The lowest BCUT2D eigenvalue weighted by Crippen LogP contribution is -2.31. The Morgan fingerprint density at radius 2 is 1.95 bits per heavy atom. The molecule has 0 bridgehead atoms. The maximum absolute atomic E-state index is 11.3. The zero-order valence-corrected chi connectivity index (χ0v) is 14.5. The van der Waals surface area contributed by atoms with Crippen LogP contribution in [0.2, 0.25) is 0 Å². The summed E-state index contributed by atoms with van der Waals surface area (Å²) >= 11 is 1.53. The Morgan fingerprint density at radius 3 is 2.35 bits per heavy atom. The zero-order valence-electron chi connectivity index (χ0n) is 13.7. The molecule has 4 heteroatoms. The van der Waals surface area contributed by atoms with Gasteiger partial charge in [-0.25, -0.2) is 4.98 Å². The smallest absolute Gasteiger partial charge is 0.186 e. The highest BCUT2D eigenvalue weighted by atomic mass is 32.1. The third-order valence-corrected chi connectivity index (χ3v) is 4.35. The highest BCUT2D eigenvalue weighted by Crippen LogP contribution is 2.33. The molecule has 0 N–H and O–H groups in total. The first-order valence-electron chi connectivity index (χ1n) is 7.54. The summed E-state index contributed by atoms with van der Waals surface area (Å²) in [7, 11) is 0. The molecule has 0 unspecified atom stereocenters. The minimum absolute atomic E-state index is 0.0862. The van der Waals surface area contributed by atoms with Gasteiger partial charge in [-0.15, -0.1) is 0 Å². The van der Waals surface area contributed by atoms with Crippen LogP contribution in [0.1, 0.15) is 76.2 Å². The molecule has 0 saturated carbocycles. The first kappa shape index (κ1) is 17.2. The monoisotopic (exact) mass is 296 g/mol. The quantitative estimate of drug-likeness (QED) is 0.542. The molecule has 0 atom stereocenters. The highest BCUT2D eigenvalue weighted by molar-refractivity contribution is 7.17. The molecule has 0 aliphatic heterocycles. The molecule has 1 rings (SSSR count). The second-order valence-electron chi connectivity index (χ2n) is 6.57. The Balaban J connectivity index is 3.02. The molecule has 0 amide bonds. The standard InChI is InChI=1S/C16H28N2OS/c1-7-8-9-10-18(12(2)3)15-17-14(16(4,5)6)13(11-19)20-15/h11-12H,7-10H2,1-6H3. The van der Waals surface area contributed by atoms with E-state index in [-0.39, 0.29) is 5.41 Å². The molecule has 114 valence electrons. The van der Waals surface area contributed by atoms with Crippen molar-refractivity contribution in [2.45, 2.75) is 72.3 Å². The molecule has 1 aromatic rings. The van der Waals surface area contributed by atoms with Gasteiger partial charge in [-0.3, -0.25) is 4.79 Å². The van der Waals surface area contributed by atoms with E-state index in [1.54, 1.807) is 0 Å². The van der Waals surface area contributed by atoms with Gasteiger partial charge in [0.15, 0.2) is 11.4 Å². The summed E-state index contributed by atoms with van der Waals surface area (Å²) < 4.78 is 0. The number of rotatable bonds is 7. The Morgan fingerprint density at radius 1 is 1.30 bits per heavy atom. The van der Waals surface area contributed by atoms with Crippen LogP contribution in [0.15, 0.2) is 0 Å². The lowest BCUT2D eigenvalue weighted by molar-refractivity contribution is 0.112. The van der Waals surface area contributed by atoms with Gasteiger partial charge in [0.05, 0.1) is 10.6 Å². The third kappa shape index (κ3) is 4.30. The van der Waals surface area contributed by atoms with Crippen molar-refractivity contribution in [2.24, 2.45) is 0 Å². The molecule has 0 saturated heterocycles. The summed E-state index contributed by atoms with van der Waals surface area (Å²) in [5.74, 6) is 0. The van der Waals surface area contributed by atoms with Crippen LogP contribution in [-0.2, 0) is 5.41 Å². The van der Waals surface area contributed by atoms with E-state index >= 15 is 0 Å². The van der Waals surface area contributed by atoms with Crippen LogP contribution < -0.4 is 4.90 Å². The van der Waals surface area contributed by atoms with Gasteiger partial charge in [0.2, 0.25) is 0 Å². The summed E-state index contributed by atoms with van der Waals surface area (Å²) in [5, 5.41) is 0.989. The summed E-state index contributed by atoms with van der Waals surface area (Å²) in [6.45, 7) is 13.9. The summed E-state index contributed by atoms with van der Waals surface area (Å²) in [6, 6.07) is 0.408. The van der Waals surface area contributed by atoms with Crippen molar-refractivity contribution in [2.75, 3.05) is 11.4 Å². The van der Waals surface area contributed by atoms with Crippen molar-refractivity contribution in [3.05, 3.63) is 10.6 Å². The maximum atomic E-state index is 11.3. The Bertz CT molecular complexity index is 432. The molecule has 20 heavy (non-hydrogen) atoms. The molecule has 0 aliphatic carbocycles. The first-order valence-corrected chi connectivity index (χ1v) is 8.36. The first-order chi connectivity index (χ1) is 9.31. The van der Waals surface area contributed by atoms with Crippen molar-refractivity contribution < 1.29 is 4.79 Å². The third-order valence-electron chi connectivity index (χ3n) is 3.33. The molecule has 0 fully saturated rings. The van der Waals surface area contributed by atoms with Crippen LogP contribution in [0.3, 0.4) is 0 Å². The number of unbranched alkanes of at least 4 members (excludes halogenated alkanes) is 2. The molecule has 0 aromatic carbocycles. The lowest BCUT2D eigenvalue weighted by Gasteiger charge is -2.26. The molecule has 3 nitrogen and oxygen atoms in total. The van der Waals surface area contributed by atoms with E-state index in [1.165, 1.54) is 30.6 Å². The fraction of sp³-hybridized carbons (Fsp3) is 0.750. The van der Waals surface area contributed by atoms with Crippen LogP contribution in [0, 0.1) is 0 Å². The minimum atomic E-state index is -0.0862. The Kier molecular flexibility index (Phi) is 6.18. The molecule has 0 radical (unpaired) electrons. The normalized spacial score (nSPS) is 11.9. The van der Waals surface area contributed by atoms with Crippen LogP contribution in [0.25, 0.3) is 0 Å². The van der Waals surface area contributed by atoms with Gasteiger partial charge in [-0.2, -0.15) is 0 Å². The topological polar surface area (TPSA) is 33.2 Å². The summed E-state index contributed by atoms with van der Waals surface area (Å²) in [4.78, 5) is 19.2. The number of aromatic nitrogens is 1. The number of nitrogens with zero attached hydrogens (tertiary/aromatic N) is 2. The molecule has 1 aromatic heterocycles. The SMILES string of the molecule is CCCCCN(c1nc(C(C)(C)C)c(C=O)s1)C(C)C. The number of carbonyl (C=O) groups is 1. The largest absolute Gasteiger partial charge is 0.346 e. The van der Waals surface area contributed by atoms with E-state index in [1.807, 2.05) is 0 Å². The Hall–Kier alpha value is -0.900. The number of anilines is 1. The number of aldehydes is 1. The second kappa shape index (κ2) is 7.21. The number of carbonyl (C=O) groups excluding carboxylic acids is 1. The zero-order chi connectivity index (χ0) is 15.3. The maximum Gasteiger partial charge on any atom is 0.186 e. The predicted octanol–water partition coefficient (Wildman–Crippen LogP) is 4.66. The van der Waals surface area contributed by atoms with Gasteiger partial charge < -0.3 is 4.90 Å². The molecule has 1 heterocycles. The number of thiazole rings is 1. The van der Waals surface area contributed by atoms with E-state index in [9.17, 15) is 4.79 Å². The van der Waals surface area contributed by atoms with Gasteiger partial charge >= 0.3 is 0 Å².